The lowest BCUT2D eigenvalue weighted by Gasteiger charge is -2.52. The number of urea groups is 1. The van der Waals surface area contributed by atoms with Crippen LogP contribution in [0, 0.1) is 11.8 Å². The monoisotopic (exact) mass is 385 g/mol. The third kappa shape index (κ3) is 3.75. The molecule has 28 heavy (non-hydrogen) atoms. The number of hydrogen-bond acceptors (Lipinski definition) is 3. The van der Waals surface area contributed by atoms with Gasteiger partial charge in [0.15, 0.2) is 0 Å². The number of rotatable bonds is 3. The minimum absolute atomic E-state index is 0.0245. The van der Waals surface area contributed by atoms with Crippen LogP contribution in [-0.2, 0) is 9.53 Å². The molecule has 1 aromatic carbocycles. The number of anilines is 2. The van der Waals surface area contributed by atoms with Crippen LogP contribution in [0.1, 0.15) is 52.9 Å². The first kappa shape index (κ1) is 19.2. The summed E-state index contributed by atoms with van der Waals surface area (Å²) in [6, 6.07) is 7.18. The van der Waals surface area contributed by atoms with Gasteiger partial charge in [-0.15, -0.1) is 0 Å². The second kappa shape index (κ2) is 7.07. The summed E-state index contributed by atoms with van der Waals surface area (Å²) in [5.74, 6) is 1.31. The molecule has 3 atom stereocenters. The van der Waals surface area contributed by atoms with Crippen LogP contribution in [0.3, 0.4) is 0 Å². The van der Waals surface area contributed by atoms with Gasteiger partial charge in [0, 0.05) is 17.8 Å². The number of nitrogens with zero attached hydrogens (tertiary/aromatic N) is 1. The SMILES string of the molecule is CCC(=O)Nc1ccc(NC(=O)N2CC(C)(C)O[C@@]3(C[C@@H]4CC[C@H]3C4)C2)cc1. The Labute approximate surface area is 167 Å². The zero-order valence-electron chi connectivity index (χ0n) is 17.1. The summed E-state index contributed by atoms with van der Waals surface area (Å²) < 4.78 is 6.59. The van der Waals surface area contributed by atoms with Crippen molar-refractivity contribution in [3.63, 3.8) is 0 Å². The van der Waals surface area contributed by atoms with Crippen molar-refractivity contribution in [3.8, 4) is 0 Å². The van der Waals surface area contributed by atoms with Gasteiger partial charge in [0.2, 0.25) is 5.91 Å². The number of carbonyl (C=O) groups excluding carboxylic acids is 2. The molecule has 4 rings (SSSR count). The maximum absolute atomic E-state index is 13.0. The first-order valence-corrected chi connectivity index (χ1v) is 10.4. The predicted molar refractivity (Wildman–Crippen MR) is 109 cm³/mol. The first-order valence-electron chi connectivity index (χ1n) is 10.4. The predicted octanol–water partition coefficient (Wildman–Crippen LogP) is 4.24. The number of hydrogen-bond donors (Lipinski definition) is 2. The summed E-state index contributed by atoms with van der Waals surface area (Å²) >= 11 is 0. The van der Waals surface area contributed by atoms with Crippen LogP contribution in [0.25, 0.3) is 0 Å². The summed E-state index contributed by atoms with van der Waals surface area (Å²) in [5.41, 5.74) is 0.953. The number of fused-ring (bicyclic) bond motifs is 3. The number of benzene rings is 1. The molecular formula is C22H31N3O3. The van der Waals surface area contributed by atoms with Gasteiger partial charge in [0.05, 0.1) is 24.3 Å². The lowest BCUT2D eigenvalue weighted by molar-refractivity contribution is -0.207. The van der Waals surface area contributed by atoms with E-state index < -0.39 is 0 Å². The largest absolute Gasteiger partial charge is 0.365 e. The summed E-state index contributed by atoms with van der Waals surface area (Å²) in [6.45, 7) is 7.25. The van der Waals surface area contributed by atoms with Crippen LogP contribution in [0.5, 0.6) is 0 Å². The van der Waals surface area contributed by atoms with E-state index in [1.54, 1.807) is 0 Å². The quantitative estimate of drug-likeness (QED) is 0.818. The van der Waals surface area contributed by atoms with E-state index in [0.29, 0.717) is 25.4 Å². The van der Waals surface area contributed by atoms with Gasteiger partial charge >= 0.3 is 6.03 Å². The molecule has 1 heterocycles. The molecule has 1 aromatic rings. The second-order valence-electron chi connectivity index (χ2n) is 9.27. The number of carbonyl (C=O) groups is 2. The Hall–Kier alpha value is -2.08. The number of morpholine rings is 1. The molecule has 0 unspecified atom stereocenters. The average Bonchev–Trinajstić information content (AvgIpc) is 3.22. The fraction of sp³-hybridized carbons (Fsp3) is 0.636. The molecule has 1 spiro atoms. The van der Waals surface area contributed by atoms with Crippen LogP contribution in [-0.4, -0.2) is 41.1 Å². The third-order valence-corrected chi connectivity index (χ3v) is 6.46. The van der Waals surface area contributed by atoms with Crippen molar-refractivity contribution >= 4 is 23.3 Å². The van der Waals surface area contributed by atoms with Gasteiger partial charge in [-0.2, -0.15) is 0 Å². The maximum Gasteiger partial charge on any atom is 0.322 e. The summed E-state index contributed by atoms with van der Waals surface area (Å²) in [7, 11) is 0. The van der Waals surface area contributed by atoms with E-state index in [2.05, 4.69) is 24.5 Å². The van der Waals surface area contributed by atoms with Gasteiger partial charge in [-0.05, 0) is 75.6 Å². The standard InChI is InChI=1S/C22H31N3O3/c1-4-19(26)23-17-7-9-18(10-8-17)24-20(27)25-13-21(2,3)28-22(14-25)12-15-5-6-16(22)11-15/h7-10,15-16H,4-6,11-14H2,1-3H3,(H,23,26)(H,24,27)/t15-,16+,22+/m1/s1. The van der Waals surface area contributed by atoms with Gasteiger partial charge in [-0.1, -0.05) is 6.92 Å². The maximum atomic E-state index is 13.0. The van der Waals surface area contributed by atoms with E-state index in [1.807, 2.05) is 36.1 Å². The topological polar surface area (TPSA) is 70.7 Å². The highest BCUT2D eigenvalue weighted by Gasteiger charge is 2.57. The average molecular weight is 386 g/mol. The normalized spacial score (nSPS) is 30.5. The lowest BCUT2D eigenvalue weighted by atomic mass is 9.81. The van der Waals surface area contributed by atoms with Crippen LogP contribution in [0.15, 0.2) is 24.3 Å². The fourth-order valence-electron chi connectivity index (χ4n) is 5.40. The van der Waals surface area contributed by atoms with Crippen molar-refractivity contribution in [1.82, 2.24) is 4.90 Å². The van der Waals surface area contributed by atoms with Crippen LogP contribution < -0.4 is 10.6 Å². The van der Waals surface area contributed by atoms with Gasteiger partial charge in [0.25, 0.3) is 0 Å². The smallest absolute Gasteiger partial charge is 0.322 e. The molecule has 6 heteroatoms. The van der Waals surface area contributed by atoms with Gasteiger partial charge < -0.3 is 20.3 Å². The van der Waals surface area contributed by atoms with Gasteiger partial charge in [-0.3, -0.25) is 4.79 Å². The molecular weight excluding hydrogens is 354 g/mol. The minimum Gasteiger partial charge on any atom is -0.365 e. The van der Waals surface area contributed by atoms with E-state index in [0.717, 1.165) is 23.7 Å². The Morgan fingerprint density at radius 1 is 1.11 bits per heavy atom. The summed E-state index contributed by atoms with van der Waals surface area (Å²) in [5, 5.41) is 5.83. The zero-order chi connectivity index (χ0) is 19.9. The molecule has 2 aliphatic carbocycles. The van der Waals surface area contributed by atoms with Crippen LogP contribution in [0.4, 0.5) is 16.2 Å². The molecule has 0 aromatic heterocycles. The molecule has 2 bridgehead atoms. The third-order valence-electron chi connectivity index (χ3n) is 6.46. The molecule has 3 aliphatic rings. The van der Waals surface area contributed by atoms with Crippen molar-refractivity contribution in [2.45, 2.75) is 64.1 Å². The van der Waals surface area contributed by atoms with Crippen molar-refractivity contribution < 1.29 is 14.3 Å². The van der Waals surface area contributed by atoms with E-state index in [9.17, 15) is 9.59 Å². The summed E-state index contributed by atoms with van der Waals surface area (Å²) in [6.07, 6.45) is 5.30. The van der Waals surface area contributed by atoms with Crippen molar-refractivity contribution in [1.29, 1.82) is 0 Å². The van der Waals surface area contributed by atoms with E-state index in [1.165, 1.54) is 19.3 Å². The molecule has 2 N–H and O–H groups in total. The fourth-order valence-corrected chi connectivity index (χ4v) is 5.40. The minimum atomic E-state index is -0.339. The zero-order valence-corrected chi connectivity index (χ0v) is 17.1. The van der Waals surface area contributed by atoms with Crippen LogP contribution in [0.2, 0.25) is 0 Å². The van der Waals surface area contributed by atoms with E-state index >= 15 is 0 Å². The molecule has 152 valence electrons. The van der Waals surface area contributed by atoms with Gasteiger partial charge in [0.1, 0.15) is 0 Å². The second-order valence-corrected chi connectivity index (χ2v) is 9.27. The summed E-state index contributed by atoms with van der Waals surface area (Å²) in [4.78, 5) is 26.4. The highest BCUT2D eigenvalue weighted by Crippen LogP contribution is 2.55. The Morgan fingerprint density at radius 3 is 2.36 bits per heavy atom. The van der Waals surface area contributed by atoms with E-state index in [4.69, 9.17) is 4.74 Å². The molecule has 0 radical (unpaired) electrons. The Bertz CT molecular complexity index is 761. The number of ether oxygens (including phenoxy) is 1. The Morgan fingerprint density at radius 2 is 1.79 bits per heavy atom. The highest BCUT2D eigenvalue weighted by atomic mass is 16.5. The lowest BCUT2D eigenvalue weighted by Crippen LogP contribution is -2.63. The van der Waals surface area contributed by atoms with Crippen molar-refractivity contribution in [2.75, 3.05) is 23.7 Å². The molecule has 1 saturated heterocycles. The number of nitrogens with one attached hydrogen (secondary N) is 2. The molecule has 3 amide bonds. The van der Waals surface area contributed by atoms with Gasteiger partial charge in [-0.25, -0.2) is 4.79 Å². The molecule has 6 nitrogen and oxygen atoms in total. The van der Waals surface area contributed by atoms with Crippen molar-refractivity contribution in [3.05, 3.63) is 24.3 Å². The van der Waals surface area contributed by atoms with Crippen LogP contribution >= 0.6 is 0 Å². The van der Waals surface area contributed by atoms with E-state index in [-0.39, 0.29) is 23.1 Å². The molecule has 3 fully saturated rings. The Kier molecular flexibility index (Phi) is 4.86. The number of amides is 3. The highest BCUT2D eigenvalue weighted by molar-refractivity contribution is 5.92. The van der Waals surface area contributed by atoms with Crippen molar-refractivity contribution in [2.24, 2.45) is 11.8 Å². The Balaban J connectivity index is 1.43. The first-order chi connectivity index (χ1) is 13.3. The molecule has 1 aliphatic heterocycles. The molecule has 2 saturated carbocycles.